The summed E-state index contributed by atoms with van der Waals surface area (Å²) in [7, 11) is 0. The summed E-state index contributed by atoms with van der Waals surface area (Å²) in [5.74, 6) is -1.07. The number of hydrogen-bond donors (Lipinski definition) is 2. The van der Waals surface area contributed by atoms with Gasteiger partial charge < -0.3 is 19.7 Å². The van der Waals surface area contributed by atoms with Crippen molar-refractivity contribution in [2.75, 3.05) is 26.4 Å². The van der Waals surface area contributed by atoms with Gasteiger partial charge in [0.25, 0.3) is 0 Å². The summed E-state index contributed by atoms with van der Waals surface area (Å²) < 4.78 is 9.84. The molecule has 2 N–H and O–H groups in total. The fraction of sp³-hybridized carbons (Fsp3) is 0.846. The quantitative estimate of drug-likeness (QED) is 0.495. The van der Waals surface area contributed by atoms with Crippen LogP contribution in [0, 0.1) is 10.8 Å². The lowest BCUT2D eigenvalue weighted by atomic mass is 9.91. The molecule has 0 radical (unpaired) electrons. The molecular weight excluding hydrogens is 252 g/mol. The lowest BCUT2D eigenvalue weighted by molar-refractivity contribution is -0.166. The van der Waals surface area contributed by atoms with Crippen LogP contribution >= 0.6 is 0 Å². The average molecular weight is 276 g/mol. The van der Waals surface area contributed by atoms with Gasteiger partial charge in [-0.1, -0.05) is 6.92 Å². The van der Waals surface area contributed by atoms with Crippen molar-refractivity contribution in [1.82, 2.24) is 0 Å². The number of ether oxygens (including phenoxy) is 2. The van der Waals surface area contributed by atoms with E-state index in [1.807, 2.05) is 6.92 Å². The number of aliphatic hydroxyl groups excluding tert-OH is 2. The van der Waals surface area contributed by atoms with Crippen molar-refractivity contribution in [2.24, 2.45) is 10.8 Å². The Morgan fingerprint density at radius 1 is 0.947 bits per heavy atom. The molecule has 0 bridgehead atoms. The monoisotopic (exact) mass is 276 g/mol. The van der Waals surface area contributed by atoms with E-state index in [1.165, 1.54) is 6.92 Å². The van der Waals surface area contributed by atoms with Crippen LogP contribution in [0.1, 0.15) is 34.1 Å². The maximum Gasteiger partial charge on any atom is 0.316 e. The summed E-state index contributed by atoms with van der Waals surface area (Å²) in [6.45, 7) is 5.67. The number of aliphatic hydroxyl groups is 2. The number of carbonyl (C=O) groups is 2. The second-order valence-corrected chi connectivity index (χ2v) is 5.39. The zero-order chi connectivity index (χ0) is 15.1. The minimum Gasteiger partial charge on any atom is -0.462 e. The van der Waals surface area contributed by atoms with Gasteiger partial charge in [-0.05, 0) is 27.2 Å². The molecule has 0 aromatic rings. The highest BCUT2D eigenvalue weighted by Crippen LogP contribution is 2.21. The first kappa shape index (κ1) is 17.9. The van der Waals surface area contributed by atoms with Gasteiger partial charge in [-0.15, -0.1) is 0 Å². The van der Waals surface area contributed by atoms with Crippen LogP contribution in [0.4, 0.5) is 0 Å². The number of esters is 2. The van der Waals surface area contributed by atoms with Gasteiger partial charge in [-0.2, -0.15) is 0 Å². The van der Waals surface area contributed by atoms with Gasteiger partial charge in [0.1, 0.15) is 18.6 Å². The molecule has 0 aliphatic rings. The highest BCUT2D eigenvalue weighted by molar-refractivity contribution is 5.77. The van der Waals surface area contributed by atoms with Crippen molar-refractivity contribution in [3.8, 4) is 0 Å². The van der Waals surface area contributed by atoms with Crippen LogP contribution in [-0.2, 0) is 19.1 Å². The van der Waals surface area contributed by atoms with Gasteiger partial charge in [0, 0.05) is 0 Å². The summed E-state index contributed by atoms with van der Waals surface area (Å²) >= 11 is 0. The summed E-state index contributed by atoms with van der Waals surface area (Å²) in [6, 6.07) is 0. The van der Waals surface area contributed by atoms with Crippen LogP contribution in [0.2, 0.25) is 0 Å². The summed E-state index contributed by atoms with van der Waals surface area (Å²) in [4.78, 5) is 23.1. The average Bonchev–Trinajstić information content (AvgIpc) is 2.41. The SMILES string of the molecule is CCC(C)(C)C(=O)OCCOC(=O)C(C)(CO)CO. The third kappa shape index (κ3) is 5.16. The number of carbonyl (C=O) groups excluding carboxylic acids is 2. The van der Waals surface area contributed by atoms with Crippen molar-refractivity contribution in [2.45, 2.75) is 34.1 Å². The molecule has 112 valence electrons. The van der Waals surface area contributed by atoms with E-state index >= 15 is 0 Å². The molecular formula is C13H24O6. The number of rotatable bonds is 8. The van der Waals surface area contributed by atoms with Crippen LogP contribution in [0.3, 0.4) is 0 Å². The fourth-order valence-electron chi connectivity index (χ4n) is 0.962. The second-order valence-electron chi connectivity index (χ2n) is 5.39. The van der Waals surface area contributed by atoms with Crippen molar-refractivity contribution in [1.29, 1.82) is 0 Å². The molecule has 0 saturated heterocycles. The number of hydrogen-bond acceptors (Lipinski definition) is 6. The van der Waals surface area contributed by atoms with Crippen LogP contribution in [0.25, 0.3) is 0 Å². The minimum atomic E-state index is -1.33. The first-order valence-corrected chi connectivity index (χ1v) is 6.29. The van der Waals surface area contributed by atoms with E-state index in [0.717, 1.165) is 0 Å². The summed E-state index contributed by atoms with van der Waals surface area (Å²) in [5, 5.41) is 18.0. The van der Waals surface area contributed by atoms with E-state index in [-0.39, 0.29) is 19.2 Å². The zero-order valence-corrected chi connectivity index (χ0v) is 12.1. The van der Waals surface area contributed by atoms with Gasteiger partial charge in [-0.3, -0.25) is 9.59 Å². The highest BCUT2D eigenvalue weighted by atomic mass is 16.6. The van der Waals surface area contributed by atoms with E-state index in [0.29, 0.717) is 6.42 Å². The molecule has 0 rings (SSSR count). The Balaban J connectivity index is 4.06. The molecule has 19 heavy (non-hydrogen) atoms. The molecule has 0 aliphatic carbocycles. The maximum atomic E-state index is 11.6. The van der Waals surface area contributed by atoms with Crippen molar-refractivity contribution < 1.29 is 29.3 Å². The Morgan fingerprint density at radius 3 is 1.74 bits per heavy atom. The molecule has 0 aliphatic heterocycles. The normalized spacial score (nSPS) is 12.1. The first-order valence-electron chi connectivity index (χ1n) is 6.29. The molecule has 0 atom stereocenters. The molecule has 0 amide bonds. The smallest absolute Gasteiger partial charge is 0.316 e. The van der Waals surface area contributed by atoms with Crippen LogP contribution < -0.4 is 0 Å². The Labute approximate surface area is 113 Å². The molecule has 0 saturated carbocycles. The van der Waals surface area contributed by atoms with Gasteiger partial charge in [-0.25, -0.2) is 0 Å². The molecule has 6 heteroatoms. The van der Waals surface area contributed by atoms with E-state index in [2.05, 4.69) is 0 Å². The third-order valence-corrected chi connectivity index (χ3v) is 3.18. The highest BCUT2D eigenvalue weighted by Gasteiger charge is 2.33. The maximum absolute atomic E-state index is 11.6. The van der Waals surface area contributed by atoms with E-state index in [9.17, 15) is 9.59 Å². The van der Waals surface area contributed by atoms with E-state index in [1.54, 1.807) is 13.8 Å². The lowest BCUT2D eigenvalue weighted by Crippen LogP contribution is -2.37. The zero-order valence-electron chi connectivity index (χ0n) is 12.1. The molecule has 0 heterocycles. The predicted octanol–water partition coefficient (Wildman–Crippen LogP) is 0.500. The fourth-order valence-corrected chi connectivity index (χ4v) is 0.962. The standard InChI is InChI=1S/C13H24O6/c1-5-12(2,3)10(16)18-6-7-19-11(17)13(4,8-14)9-15/h14-15H,5-9H2,1-4H3. The molecule has 0 aromatic heterocycles. The van der Waals surface area contributed by atoms with Crippen LogP contribution in [-0.4, -0.2) is 48.6 Å². The largest absolute Gasteiger partial charge is 0.462 e. The van der Waals surface area contributed by atoms with Gasteiger partial charge in [0.2, 0.25) is 0 Å². The molecule has 0 fully saturated rings. The molecule has 0 spiro atoms. The Bertz CT molecular complexity index is 306. The van der Waals surface area contributed by atoms with Crippen molar-refractivity contribution in [3.63, 3.8) is 0 Å². The predicted molar refractivity (Wildman–Crippen MR) is 68.3 cm³/mol. The first-order chi connectivity index (χ1) is 8.73. The third-order valence-electron chi connectivity index (χ3n) is 3.18. The summed E-state index contributed by atoms with van der Waals surface area (Å²) in [5.41, 5.74) is -1.89. The van der Waals surface area contributed by atoms with Crippen LogP contribution in [0.15, 0.2) is 0 Å². The lowest BCUT2D eigenvalue weighted by Gasteiger charge is -2.23. The Morgan fingerprint density at radius 2 is 1.37 bits per heavy atom. The summed E-state index contributed by atoms with van der Waals surface area (Å²) in [6.07, 6.45) is 0.652. The molecule has 6 nitrogen and oxygen atoms in total. The molecule has 0 unspecified atom stereocenters. The Kier molecular flexibility index (Phi) is 7.00. The topological polar surface area (TPSA) is 93.1 Å². The minimum absolute atomic E-state index is 0.0407. The molecule has 0 aromatic carbocycles. The van der Waals surface area contributed by atoms with E-state index < -0.39 is 30.0 Å². The van der Waals surface area contributed by atoms with Crippen molar-refractivity contribution >= 4 is 11.9 Å². The van der Waals surface area contributed by atoms with Gasteiger partial charge >= 0.3 is 11.9 Å². The van der Waals surface area contributed by atoms with E-state index in [4.69, 9.17) is 19.7 Å². The van der Waals surface area contributed by atoms with Crippen molar-refractivity contribution in [3.05, 3.63) is 0 Å². The Hall–Kier alpha value is -1.14. The second kappa shape index (κ2) is 7.45. The van der Waals surface area contributed by atoms with Gasteiger partial charge in [0.15, 0.2) is 0 Å². The van der Waals surface area contributed by atoms with Gasteiger partial charge in [0.05, 0.1) is 18.6 Å². The van der Waals surface area contributed by atoms with Crippen LogP contribution in [0.5, 0.6) is 0 Å².